The van der Waals surface area contributed by atoms with Gasteiger partial charge in [-0.25, -0.2) is 0 Å². The van der Waals surface area contributed by atoms with Gasteiger partial charge in [-0.3, -0.25) is 4.79 Å². The van der Waals surface area contributed by atoms with Crippen molar-refractivity contribution in [2.45, 2.75) is 56.9 Å². The molecule has 0 heterocycles. The highest BCUT2D eigenvalue weighted by atomic mass is 79.9. The van der Waals surface area contributed by atoms with Crippen molar-refractivity contribution in [3.63, 3.8) is 0 Å². The van der Waals surface area contributed by atoms with Crippen molar-refractivity contribution in [2.75, 3.05) is 0 Å². The van der Waals surface area contributed by atoms with Crippen molar-refractivity contribution in [3.8, 4) is 0 Å². The molecule has 2 unspecified atom stereocenters. The first kappa shape index (κ1) is 12.0. The third-order valence-corrected chi connectivity index (χ3v) is 3.18. The van der Waals surface area contributed by atoms with Gasteiger partial charge in [-0.05, 0) is 40.0 Å². The molecule has 1 aliphatic carbocycles. The van der Waals surface area contributed by atoms with E-state index in [0.717, 1.165) is 19.3 Å². The van der Waals surface area contributed by atoms with Gasteiger partial charge in [-0.1, -0.05) is 22.4 Å². The lowest BCUT2D eigenvalue weighted by atomic mass is 9.89. The summed E-state index contributed by atoms with van der Waals surface area (Å²) in [5.41, 5.74) is -0.351. The molecule has 0 aromatic carbocycles. The molecule has 1 aliphatic rings. The van der Waals surface area contributed by atoms with Gasteiger partial charge in [0.25, 0.3) is 0 Å². The monoisotopic (exact) mass is 262 g/mol. The molecule has 0 amide bonds. The fraction of sp³-hybridized carbons (Fsp3) is 0.909. The highest BCUT2D eigenvalue weighted by Crippen LogP contribution is 2.30. The third kappa shape index (κ3) is 3.99. The smallest absolute Gasteiger partial charge is 0.309 e. The van der Waals surface area contributed by atoms with Crippen LogP contribution in [0.5, 0.6) is 0 Å². The molecule has 82 valence electrons. The van der Waals surface area contributed by atoms with Crippen LogP contribution in [-0.4, -0.2) is 16.4 Å². The summed E-state index contributed by atoms with van der Waals surface area (Å²) in [4.78, 5) is 12.2. The number of hydrogen-bond acceptors (Lipinski definition) is 2. The molecule has 0 aromatic rings. The maximum Gasteiger partial charge on any atom is 0.309 e. The second-order valence-electron chi connectivity index (χ2n) is 4.99. The van der Waals surface area contributed by atoms with E-state index in [1.165, 1.54) is 6.42 Å². The number of hydrogen-bond donors (Lipinski definition) is 0. The summed E-state index contributed by atoms with van der Waals surface area (Å²) >= 11 is 3.57. The Morgan fingerprint density at radius 1 is 1.36 bits per heavy atom. The summed E-state index contributed by atoms with van der Waals surface area (Å²) in [6, 6.07) is 0. The highest BCUT2D eigenvalue weighted by Gasteiger charge is 2.29. The first-order valence-electron chi connectivity index (χ1n) is 5.25. The second-order valence-corrected chi connectivity index (χ2v) is 6.29. The molecule has 0 aromatic heterocycles. The summed E-state index contributed by atoms with van der Waals surface area (Å²) < 4.78 is 5.37. The maximum absolute atomic E-state index is 11.7. The SMILES string of the molecule is CC(C)(C)OC(=O)C1CCCC(Br)C1. The van der Waals surface area contributed by atoms with E-state index >= 15 is 0 Å². The van der Waals surface area contributed by atoms with Crippen LogP contribution in [0, 0.1) is 5.92 Å². The van der Waals surface area contributed by atoms with Gasteiger partial charge >= 0.3 is 5.97 Å². The van der Waals surface area contributed by atoms with Gasteiger partial charge < -0.3 is 4.74 Å². The molecule has 0 saturated heterocycles. The number of ether oxygens (including phenoxy) is 1. The molecule has 3 heteroatoms. The molecule has 1 saturated carbocycles. The third-order valence-electron chi connectivity index (χ3n) is 2.35. The predicted octanol–water partition coefficient (Wildman–Crippen LogP) is 3.28. The Labute approximate surface area is 94.5 Å². The van der Waals surface area contributed by atoms with Gasteiger partial charge in [0, 0.05) is 4.83 Å². The number of esters is 1. The number of carbonyl (C=O) groups is 1. The van der Waals surface area contributed by atoms with Crippen LogP contribution >= 0.6 is 15.9 Å². The lowest BCUT2D eigenvalue weighted by Gasteiger charge is -2.28. The number of halogens is 1. The van der Waals surface area contributed by atoms with E-state index in [1.807, 2.05) is 20.8 Å². The summed E-state index contributed by atoms with van der Waals surface area (Å²) in [5, 5.41) is 0. The van der Waals surface area contributed by atoms with Gasteiger partial charge in [0.1, 0.15) is 5.60 Å². The van der Waals surface area contributed by atoms with E-state index in [1.54, 1.807) is 0 Å². The predicted molar refractivity (Wildman–Crippen MR) is 60.5 cm³/mol. The quantitative estimate of drug-likeness (QED) is 0.536. The van der Waals surface area contributed by atoms with E-state index in [0.29, 0.717) is 4.83 Å². The molecule has 2 atom stereocenters. The average Bonchev–Trinajstić information content (AvgIpc) is 2.01. The van der Waals surface area contributed by atoms with Crippen LogP contribution < -0.4 is 0 Å². The molecular weight excluding hydrogens is 244 g/mol. The first-order valence-corrected chi connectivity index (χ1v) is 6.17. The maximum atomic E-state index is 11.7. The van der Waals surface area contributed by atoms with Crippen molar-refractivity contribution in [1.82, 2.24) is 0 Å². The van der Waals surface area contributed by atoms with Crippen LogP contribution in [0.1, 0.15) is 46.5 Å². The Bertz CT molecular complexity index is 208. The largest absolute Gasteiger partial charge is 0.460 e. The van der Waals surface area contributed by atoms with Gasteiger partial charge in [0.15, 0.2) is 0 Å². The fourth-order valence-corrected chi connectivity index (χ4v) is 2.50. The van der Waals surface area contributed by atoms with Crippen LogP contribution in [0.15, 0.2) is 0 Å². The molecule has 1 fully saturated rings. The first-order chi connectivity index (χ1) is 6.38. The van der Waals surface area contributed by atoms with E-state index in [2.05, 4.69) is 15.9 Å². The Morgan fingerprint density at radius 2 is 2.00 bits per heavy atom. The topological polar surface area (TPSA) is 26.3 Å². The Kier molecular flexibility index (Phi) is 3.99. The van der Waals surface area contributed by atoms with E-state index in [9.17, 15) is 4.79 Å². The van der Waals surface area contributed by atoms with Crippen LogP contribution in [0.25, 0.3) is 0 Å². The van der Waals surface area contributed by atoms with Crippen LogP contribution in [0.3, 0.4) is 0 Å². The molecule has 0 aliphatic heterocycles. The Morgan fingerprint density at radius 3 is 2.50 bits per heavy atom. The lowest BCUT2D eigenvalue weighted by Crippen LogP contribution is -2.31. The van der Waals surface area contributed by atoms with E-state index in [-0.39, 0.29) is 17.5 Å². The second kappa shape index (κ2) is 4.65. The van der Waals surface area contributed by atoms with E-state index in [4.69, 9.17) is 4.74 Å². The minimum atomic E-state index is -0.351. The van der Waals surface area contributed by atoms with Crippen molar-refractivity contribution in [3.05, 3.63) is 0 Å². The normalized spacial score (nSPS) is 28.6. The zero-order valence-corrected chi connectivity index (χ0v) is 10.8. The molecule has 0 bridgehead atoms. The minimum absolute atomic E-state index is 0.0262. The minimum Gasteiger partial charge on any atom is -0.460 e. The highest BCUT2D eigenvalue weighted by molar-refractivity contribution is 9.09. The van der Waals surface area contributed by atoms with Crippen LogP contribution in [0.4, 0.5) is 0 Å². The Balaban J connectivity index is 2.44. The van der Waals surface area contributed by atoms with Gasteiger partial charge in [-0.2, -0.15) is 0 Å². The number of alkyl halides is 1. The molecule has 0 radical (unpaired) electrons. The van der Waals surface area contributed by atoms with Crippen LogP contribution in [0.2, 0.25) is 0 Å². The molecule has 1 rings (SSSR count). The molecular formula is C11H19BrO2. The van der Waals surface area contributed by atoms with Crippen LogP contribution in [-0.2, 0) is 9.53 Å². The number of rotatable bonds is 1. The summed E-state index contributed by atoms with van der Waals surface area (Å²) in [6.45, 7) is 5.75. The lowest BCUT2D eigenvalue weighted by molar-refractivity contribution is -0.161. The average molecular weight is 263 g/mol. The number of carbonyl (C=O) groups excluding carboxylic acids is 1. The summed E-state index contributed by atoms with van der Waals surface area (Å²) in [7, 11) is 0. The Hall–Kier alpha value is -0.0500. The van der Waals surface area contributed by atoms with E-state index < -0.39 is 0 Å². The summed E-state index contributed by atoms with van der Waals surface area (Å²) in [5.74, 6) is 0.0778. The molecule has 0 N–H and O–H groups in total. The molecule has 14 heavy (non-hydrogen) atoms. The zero-order valence-electron chi connectivity index (χ0n) is 9.18. The van der Waals surface area contributed by atoms with Gasteiger partial charge in [0.2, 0.25) is 0 Å². The van der Waals surface area contributed by atoms with Crippen molar-refractivity contribution in [2.24, 2.45) is 5.92 Å². The van der Waals surface area contributed by atoms with Gasteiger partial charge in [-0.15, -0.1) is 0 Å². The molecule has 0 spiro atoms. The fourth-order valence-electron chi connectivity index (χ4n) is 1.73. The van der Waals surface area contributed by atoms with Crippen molar-refractivity contribution in [1.29, 1.82) is 0 Å². The van der Waals surface area contributed by atoms with Crippen molar-refractivity contribution >= 4 is 21.9 Å². The van der Waals surface area contributed by atoms with Gasteiger partial charge in [0.05, 0.1) is 5.92 Å². The summed E-state index contributed by atoms with van der Waals surface area (Å²) in [6.07, 6.45) is 4.21. The molecule has 2 nitrogen and oxygen atoms in total. The van der Waals surface area contributed by atoms with Crippen molar-refractivity contribution < 1.29 is 9.53 Å². The zero-order chi connectivity index (χ0) is 10.8. The standard InChI is InChI=1S/C11H19BrO2/c1-11(2,3)14-10(13)8-5-4-6-9(12)7-8/h8-9H,4-7H2,1-3H3.